The first-order valence-electron chi connectivity index (χ1n) is 7.72. The predicted octanol–water partition coefficient (Wildman–Crippen LogP) is 2.47. The van der Waals surface area contributed by atoms with Crippen molar-refractivity contribution < 1.29 is 9.90 Å². The van der Waals surface area contributed by atoms with Gasteiger partial charge in [0.05, 0.1) is 10.7 Å². The first kappa shape index (κ1) is 17.1. The van der Waals surface area contributed by atoms with Gasteiger partial charge < -0.3 is 20.6 Å². The Balaban J connectivity index is 1.71. The van der Waals surface area contributed by atoms with Crippen LogP contribution in [0.3, 0.4) is 0 Å². The standard InChI is InChI=1S/C16H24ClN3O2/c1-12-4-5-15(14(17)9-12)19-16(22)18-6-8-20-7-2-3-13(10-20)11-21/h4-5,9,13,21H,2-3,6-8,10-11H2,1H3,(H2,18,19,22)/t13-/m1/s1. The Kier molecular flexibility index (Phi) is 6.49. The highest BCUT2D eigenvalue weighted by atomic mass is 35.5. The molecule has 22 heavy (non-hydrogen) atoms. The van der Waals surface area contributed by atoms with E-state index in [1.807, 2.05) is 19.1 Å². The fourth-order valence-corrected chi connectivity index (χ4v) is 3.00. The van der Waals surface area contributed by atoms with Crippen LogP contribution in [-0.4, -0.2) is 48.8 Å². The second-order valence-electron chi connectivity index (χ2n) is 5.86. The van der Waals surface area contributed by atoms with Gasteiger partial charge in [0.15, 0.2) is 0 Å². The third kappa shape index (κ3) is 5.16. The van der Waals surface area contributed by atoms with Crippen LogP contribution in [0.25, 0.3) is 0 Å². The number of benzene rings is 1. The van der Waals surface area contributed by atoms with Gasteiger partial charge in [-0.25, -0.2) is 4.79 Å². The number of piperidine rings is 1. The molecular formula is C16H24ClN3O2. The van der Waals surface area contributed by atoms with Crippen molar-refractivity contribution in [2.24, 2.45) is 5.92 Å². The minimum absolute atomic E-state index is 0.246. The van der Waals surface area contributed by atoms with Crippen LogP contribution in [0, 0.1) is 12.8 Å². The third-order valence-corrected chi connectivity index (χ3v) is 4.26. The van der Waals surface area contributed by atoms with E-state index < -0.39 is 0 Å². The van der Waals surface area contributed by atoms with Crippen LogP contribution in [0.1, 0.15) is 18.4 Å². The van der Waals surface area contributed by atoms with Crippen LogP contribution < -0.4 is 10.6 Å². The number of aryl methyl sites for hydroxylation is 1. The van der Waals surface area contributed by atoms with Gasteiger partial charge in [0.25, 0.3) is 0 Å². The molecule has 1 heterocycles. The molecule has 0 bridgehead atoms. The van der Waals surface area contributed by atoms with Crippen LogP contribution in [0.5, 0.6) is 0 Å². The fourth-order valence-electron chi connectivity index (χ4n) is 2.72. The SMILES string of the molecule is Cc1ccc(NC(=O)NCCN2CCC[C@@H](CO)C2)c(Cl)c1. The number of urea groups is 1. The Morgan fingerprint density at radius 2 is 2.32 bits per heavy atom. The van der Waals surface area contributed by atoms with Gasteiger partial charge in [0, 0.05) is 26.2 Å². The Hall–Kier alpha value is -1.30. The monoisotopic (exact) mass is 325 g/mol. The van der Waals surface area contributed by atoms with Crippen molar-refractivity contribution in [1.82, 2.24) is 10.2 Å². The Bertz CT molecular complexity index is 510. The first-order chi connectivity index (χ1) is 10.6. The molecule has 6 heteroatoms. The summed E-state index contributed by atoms with van der Waals surface area (Å²) >= 11 is 6.09. The maximum Gasteiger partial charge on any atom is 0.319 e. The van der Waals surface area contributed by atoms with Crippen molar-refractivity contribution >= 4 is 23.3 Å². The van der Waals surface area contributed by atoms with E-state index in [4.69, 9.17) is 11.6 Å². The van der Waals surface area contributed by atoms with Gasteiger partial charge in [-0.15, -0.1) is 0 Å². The van der Waals surface area contributed by atoms with Gasteiger partial charge in [0.2, 0.25) is 0 Å². The summed E-state index contributed by atoms with van der Waals surface area (Å²) in [6.45, 7) is 5.51. The number of nitrogens with one attached hydrogen (secondary N) is 2. The lowest BCUT2D eigenvalue weighted by Gasteiger charge is -2.31. The van der Waals surface area contributed by atoms with Crippen molar-refractivity contribution in [1.29, 1.82) is 0 Å². The van der Waals surface area contributed by atoms with Crippen LogP contribution in [0.2, 0.25) is 5.02 Å². The molecular weight excluding hydrogens is 302 g/mol. The Morgan fingerprint density at radius 1 is 1.50 bits per heavy atom. The van der Waals surface area contributed by atoms with Gasteiger partial charge in [-0.05, 0) is 49.9 Å². The van der Waals surface area contributed by atoms with Gasteiger partial charge in [-0.3, -0.25) is 0 Å². The second kappa shape index (κ2) is 8.36. The number of likely N-dealkylation sites (tertiary alicyclic amines) is 1. The number of amides is 2. The topological polar surface area (TPSA) is 64.6 Å². The molecule has 1 fully saturated rings. The summed E-state index contributed by atoms with van der Waals surface area (Å²) < 4.78 is 0. The highest BCUT2D eigenvalue weighted by molar-refractivity contribution is 6.33. The van der Waals surface area contributed by atoms with Crippen molar-refractivity contribution in [3.05, 3.63) is 28.8 Å². The average molecular weight is 326 g/mol. The fraction of sp³-hybridized carbons (Fsp3) is 0.562. The molecule has 0 aromatic heterocycles. The molecule has 1 saturated heterocycles. The predicted molar refractivity (Wildman–Crippen MR) is 89.5 cm³/mol. The normalized spacial score (nSPS) is 19.0. The van der Waals surface area contributed by atoms with Gasteiger partial charge in [-0.2, -0.15) is 0 Å². The molecule has 0 aliphatic carbocycles. The number of rotatable bonds is 5. The number of halogens is 1. The molecule has 5 nitrogen and oxygen atoms in total. The number of carbonyl (C=O) groups is 1. The summed E-state index contributed by atoms with van der Waals surface area (Å²) in [7, 11) is 0. The number of anilines is 1. The molecule has 1 atom stereocenters. The van der Waals surface area contributed by atoms with Gasteiger partial charge in [-0.1, -0.05) is 17.7 Å². The van der Waals surface area contributed by atoms with E-state index in [0.717, 1.165) is 38.0 Å². The summed E-state index contributed by atoms with van der Waals surface area (Å²) in [5, 5.41) is 15.3. The number of nitrogens with zero attached hydrogens (tertiary/aromatic N) is 1. The molecule has 1 aromatic rings. The van der Waals surface area contributed by atoms with Crippen LogP contribution in [0.15, 0.2) is 18.2 Å². The largest absolute Gasteiger partial charge is 0.396 e. The van der Waals surface area contributed by atoms with E-state index in [9.17, 15) is 9.90 Å². The van der Waals surface area contributed by atoms with E-state index in [0.29, 0.717) is 23.2 Å². The quantitative estimate of drug-likeness (QED) is 0.779. The Labute approximate surface area is 136 Å². The number of aliphatic hydroxyl groups excluding tert-OH is 1. The van der Waals surface area contributed by atoms with E-state index in [1.54, 1.807) is 6.07 Å². The maximum atomic E-state index is 11.9. The zero-order valence-corrected chi connectivity index (χ0v) is 13.7. The lowest BCUT2D eigenvalue weighted by atomic mass is 9.99. The molecule has 2 amide bonds. The third-order valence-electron chi connectivity index (χ3n) is 3.95. The van der Waals surface area contributed by atoms with E-state index >= 15 is 0 Å². The maximum absolute atomic E-state index is 11.9. The highest BCUT2D eigenvalue weighted by Crippen LogP contribution is 2.22. The summed E-state index contributed by atoms with van der Waals surface area (Å²) in [6, 6.07) is 5.28. The summed E-state index contributed by atoms with van der Waals surface area (Å²) in [5.41, 5.74) is 1.67. The van der Waals surface area contributed by atoms with Crippen LogP contribution >= 0.6 is 11.6 Å². The first-order valence-corrected chi connectivity index (χ1v) is 8.10. The van der Waals surface area contributed by atoms with Crippen LogP contribution in [-0.2, 0) is 0 Å². The zero-order chi connectivity index (χ0) is 15.9. The summed E-state index contributed by atoms with van der Waals surface area (Å²) in [6.07, 6.45) is 2.20. The van der Waals surface area contributed by atoms with E-state index in [1.165, 1.54) is 0 Å². The lowest BCUT2D eigenvalue weighted by Crippen LogP contribution is -2.42. The van der Waals surface area contributed by atoms with Crippen LogP contribution in [0.4, 0.5) is 10.5 Å². The minimum Gasteiger partial charge on any atom is -0.396 e. The van der Waals surface area contributed by atoms with E-state index in [-0.39, 0.29) is 12.6 Å². The molecule has 0 saturated carbocycles. The van der Waals surface area contributed by atoms with Crippen molar-refractivity contribution in [2.45, 2.75) is 19.8 Å². The lowest BCUT2D eigenvalue weighted by molar-refractivity contribution is 0.121. The van der Waals surface area contributed by atoms with Gasteiger partial charge >= 0.3 is 6.03 Å². The highest BCUT2D eigenvalue weighted by Gasteiger charge is 2.18. The van der Waals surface area contributed by atoms with Gasteiger partial charge in [0.1, 0.15) is 0 Å². The molecule has 0 radical (unpaired) electrons. The van der Waals surface area contributed by atoms with E-state index in [2.05, 4.69) is 15.5 Å². The van der Waals surface area contributed by atoms with Crippen molar-refractivity contribution in [2.75, 3.05) is 38.1 Å². The number of aliphatic hydroxyl groups is 1. The van der Waals surface area contributed by atoms with Crippen molar-refractivity contribution in [3.63, 3.8) is 0 Å². The smallest absolute Gasteiger partial charge is 0.319 e. The van der Waals surface area contributed by atoms with Crippen molar-refractivity contribution in [3.8, 4) is 0 Å². The average Bonchev–Trinajstić information content (AvgIpc) is 2.50. The molecule has 2 rings (SSSR count). The Morgan fingerprint density at radius 3 is 3.05 bits per heavy atom. The summed E-state index contributed by atoms with van der Waals surface area (Å²) in [4.78, 5) is 14.2. The number of hydrogen-bond acceptors (Lipinski definition) is 3. The second-order valence-corrected chi connectivity index (χ2v) is 6.26. The molecule has 3 N–H and O–H groups in total. The molecule has 0 unspecified atom stereocenters. The molecule has 1 aliphatic heterocycles. The zero-order valence-electron chi connectivity index (χ0n) is 12.9. The molecule has 1 aliphatic rings. The number of carbonyl (C=O) groups excluding carboxylic acids is 1. The molecule has 122 valence electrons. The summed E-state index contributed by atoms with van der Waals surface area (Å²) in [5.74, 6) is 0.369. The number of hydrogen-bond donors (Lipinski definition) is 3. The molecule has 1 aromatic carbocycles. The molecule has 0 spiro atoms. The minimum atomic E-state index is -0.249.